The maximum Gasteiger partial charge on any atom is 0.137 e. The van der Waals surface area contributed by atoms with Crippen molar-refractivity contribution in [2.45, 2.75) is 18.6 Å². The lowest BCUT2D eigenvalue weighted by atomic mass is 10.0. The summed E-state index contributed by atoms with van der Waals surface area (Å²) in [5.74, 6) is 0.811. The molecule has 19 heavy (non-hydrogen) atoms. The quantitative estimate of drug-likeness (QED) is 0.805. The molecule has 1 aromatic carbocycles. The highest BCUT2D eigenvalue weighted by Crippen LogP contribution is 2.32. The summed E-state index contributed by atoms with van der Waals surface area (Å²) in [5.41, 5.74) is 0.294. The third kappa shape index (κ3) is 3.92. The van der Waals surface area contributed by atoms with E-state index in [2.05, 4.69) is 37.2 Å². The molecule has 1 atom stereocenters. The van der Waals surface area contributed by atoms with Crippen molar-refractivity contribution in [2.75, 3.05) is 26.9 Å². The topological polar surface area (TPSA) is 50.7 Å². The molecular formula is C13H17Br2NO3. The third-order valence-corrected chi connectivity index (χ3v) is 4.19. The molecule has 0 amide bonds. The minimum Gasteiger partial charge on any atom is -0.495 e. The average molecular weight is 395 g/mol. The summed E-state index contributed by atoms with van der Waals surface area (Å²) in [7, 11) is 1.65. The molecule has 0 aliphatic carbocycles. The van der Waals surface area contributed by atoms with Gasteiger partial charge in [0.1, 0.15) is 11.4 Å². The first-order valence-corrected chi connectivity index (χ1v) is 7.65. The van der Waals surface area contributed by atoms with Crippen molar-refractivity contribution in [2.24, 2.45) is 0 Å². The van der Waals surface area contributed by atoms with Gasteiger partial charge in [-0.2, -0.15) is 0 Å². The molecule has 106 valence electrons. The van der Waals surface area contributed by atoms with Gasteiger partial charge in [-0.3, -0.25) is 0 Å². The number of hydrogen-bond acceptors (Lipinski definition) is 4. The maximum absolute atomic E-state index is 10.2. The monoisotopic (exact) mass is 393 g/mol. The second-order valence-electron chi connectivity index (χ2n) is 4.71. The van der Waals surface area contributed by atoms with E-state index >= 15 is 0 Å². The number of benzene rings is 1. The van der Waals surface area contributed by atoms with Crippen molar-refractivity contribution >= 4 is 31.9 Å². The Labute approximate surface area is 129 Å². The maximum atomic E-state index is 10.2. The summed E-state index contributed by atoms with van der Waals surface area (Å²) in [6, 6.07) is 3.95. The fraction of sp³-hybridized carbons (Fsp3) is 0.538. The molecule has 0 radical (unpaired) electrons. The molecule has 1 unspecified atom stereocenters. The number of aliphatic hydroxyl groups is 1. The van der Waals surface area contributed by atoms with Crippen LogP contribution in [0.2, 0.25) is 0 Å². The highest BCUT2D eigenvalue weighted by atomic mass is 79.9. The molecular weight excluding hydrogens is 378 g/mol. The second-order valence-corrected chi connectivity index (χ2v) is 6.48. The van der Waals surface area contributed by atoms with Crippen LogP contribution in [-0.2, 0) is 11.3 Å². The van der Waals surface area contributed by atoms with E-state index in [0.717, 1.165) is 20.3 Å². The van der Waals surface area contributed by atoms with Crippen molar-refractivity contribution in [1.29, 1.82) is 0 Å². The van der Waals surface area contributed by atoms with Crippen molar-refractivity contribution in [3.63, 3.8) is 0 Å². The smallest absolute Gasteiger partial charge is 0.137 e. The SMILES string of the molecule is COc1c(Br)cc(Br)cc1CNCC1(O)CCOC1. The Morgan fingerprint density at radius 1 is 1.47 bits per heavy atom. The van der Waals surface area contributed by atoms with Gasteiger partial charge in [0.25, 0.3) is 0 Å². The van der Waals surface area contributed by atoms with Gasteiger partial charge in [-0.05, 0) is 28.1 Å². The van der Waals surface area contributed by atoms with Gasteiger partial charge >= 0.3 is 0 Å². The van der Waals surface area contributed by atoms with E-state index in [0.29, 0.717) is 32.7 Å². The molecule has 4 nitrogen and oxygen atoms in total. The fourth-order valence-corrected chi connectivity index (χ4v) is 3.61. The van der Waals surface area contributed by atoms with Crippen LogP contribution in [-0.4, -0.2) is 37.6 Å². The van der Waals surface area contributed by atoms with Crippen LogP contribution < -0.4 is 10.1 Å². The van der Waals surface area contributed by atoms with Gasteiger partial charge in [0.05, 0.1) is 18.2 Å². The molecule has 0 aromatic heterocycles. The standard InChI is InChI=1S/C13H17Br2NO3/c1-18-12-9(4-10(14)5-11(12)15)6-16-7-13(17)2-3-19-8-13/h4-5,16-17H,2-3,6-8H2,1H3. The average Bonchev–Trinajstić information content (AvgIpc) is 2.76. The van der Waals surface area contributed by atoms with Gasteiger partial charge in [-0.25, -0.2) is 0 Å². The fourth-order valence-electron chi connectivity index (χ4n) is 2.14. The molecule has 1 saturated heterocycles. The van der Waals surface area contributed by atoms with Gasteiger partial charge in [-0.15, -0.1) is 0 Å². The minimum absolute atomic E-state index is 0.402. The van der Waals surface area contributed by atoms with Crippen LogP contribution in [0, 0.1) is 0 Å². The van der Waals surface area contributed by atoms with Crippen LogP contribution in [0.5, 0.6) is 5.75 Å². The van der Waals surface area contributed by atoms with Gasteiger partial charge in [0.2, 0.25) is 0 Å². The van der Waals surface area contributed by atoms with Gasteiger partial charge in [0, 0.05) is 36.2 Å². The predicted molar refractivity (Wildman–Crippen MR) is 80.5 cm³/mol. The Hall–Kier alpha value is -0.140. The molecule has 2 rings (SSSR count). The number of methoxy groups -OCH3 is 1. The lowest BCUT2D eigenvalue weighted by Crippen LogP contribution is -2.40. The van der Waals surface area contributed by atoms with Crippen LogP contribution in [0.3, 0.4) is 0 Å². The lowest BCUT2D eigenvalue weighted by Gasteiger charge is -2.21. The van der Waals surface area contributed by atoms with Crippen molar-refractivity contribution in [3.8, 4) is 5.75 Å². The second kappa shape index (κ2) is 6.54. The zero-order valence-electron chi connectivity index (χ0n) is 10.7. The first-order valence-electron chi connectivity index (χ1n) is 6.07. The van der Waals surface area contributed by atoms with Crippen LogP contribution in [0.15, 0.2) is 21.1 Å². The van der Waals surface area contributed by atoms with Crippen LogP contribution in [0.4, 0.5) is 0 Å². The molecule has 0 saturated carbocycles. The number of halogens is 2. The third-order valence-electron chi connectivity index (χ3n) is 3.14. The predicted octanol–water partition coefficient (Wildman–Crippen LogP) is 2.46. The van der Waals surface area contributed by atoms with E-state index in [1.165, 1.54) is 0 Å². The molecule has 0 spiro atoms. The van der Waals surface area contributed by atoms with Crippen LogP contribution >= 0.6 is 31.9 Å². The van der Waals surface area contributed by atoms with Crippen molar-refractivity contribution in [1.82, 2.24) is 5.32 Å². The normalized spacial score (nSPS) is 22.7. The summed E-state index contributed by atoms with van der Waals surface area (Å²) >= 11 is 6.94. The molecule has 1 aliphatic rings. The molecule has 1 aliphatic heterocycles. The number of nitrogens with one attached hydrogen (secondary N) is 1. The van der Waals surface area contributed by atoms with Crippen molar-refractivity contribution in [3.05, 3.63) is 26.6 Å². The Morgan fingerprint density at radius 2 is 2.26 bits per heavy atom. The van der Waals surface area contributed by atoms with Gasteiger partial charge < -0.3 is 19.9 Å². The van der Waals surface area contributed by atoms with E-state index in [-0.39, 0.29) is 0 Å². The highest BCUT2D eigenvalue weighted by molar-refractivity contribution is 9.11. The Bertz CT molecular complexity index is 448. The molecule has 2 N–H and O–H groups in total. The van der Waals surface area contributed by atoms with Gasteiger partial charge in [0.15, 0.2) is 0 Å². The number of rotatable bonds is 5. The van der Waals surface area contributed by atoms with E-state index in [4.69, 9.17) is 9.47 Å². The van der Waals surface area contributed by atoms with E-state index in [1.54, 1.807) is 7.11 Å². The zero-order valence-corrected chi connectivity index (χ0v) is 13.9. The summed E-state index contributed by atoms with van der Waals surface area (Å²) in [4.78, 5) is 0. The first kappa shape index (κ1) is 15.3. The Balaban J connectivity index is 1.99. The first-order chi connectivity index (χ1) is 9.04. The van der Waals surface area contributed by atoms with E-state index < -0.39 is 5.60 Å². The molecule has 1 aromatic rings. The largest absolute Gasteiger partial charge is 0.495 e. The van der Waals surface area contributed by atoms with Crippen LogP contribution in [0.1, 0.15) is 12.0 Å². The zero-order chi connectivity index (χ0) is 13.9. The Kier molecular flexibility index (Phi) is 5.25. The lowest BCUT2D eigenvalue weighted by molar-refractivity contribution is 0.0268. The minimum atomic E-state index is -0.740. The van der Waals surface area contributed by atoms with Crippen molar-refractivity contribution < 1.29 is 14.6 Å². The highest BCUT2D eigenvalue weighted by Gasteiger charge is 2.31. The molecule has 0 bridgehead atoms. The molecule has 6 heteroatoms. The number of hydrogen-bond donors (Lipinski definition) is 2. The summed E-state index contributed by atoms with van der Waals surface area (Å²) in [5, 5.41) is 13.4. The molecule has 1 fully saturated rings. The van der Waals surface area contributed by atoms with Gasteiger partial charge in [-0.1, -0.05) is 15.9 Å². The van der Waals surface area contributed by atoms with E-state index in [1.807, 2.05) is 12.1 Å². The number of ether oxygens (including phenoxy) is 2. The van der Waals surface area contributed by atoms with E-state index in [9.17, 15) is 5.11 Å². The summed E-state index contributed by atoms with van der Waals surface area (Å²) in [6.45, 7) is 2.17. The Morgan fingerprint density at radius 3 is 2.89 bits per heavy atom. The summed E-state index contributed by atoms with van der Waals surface area (Å²) < 4.78 is 12.5. The molecule has 1 heterocycles. The van der Waals surface area contributed by atoms with Crippen LogP contribution in [0.25, 0.3) is 0 Å². The summed E-state index contributed by atoms with van der Waals surface area (Å²) in [6.07, 6.45) is 0.680.